The Bertz CT molecular complexity index is 156. The third-order valence-corrected chi connectivity index (χ3v) is 1.95. The molecule has 0 N–H and O–H groups in total. The van der Waals surface area contributed by atoms with Crippen molar-refractivity contribution in [1.82, 2.24) is 0 Å². The van der Waals surface area contributed by atoms with Crippen molar-refractivity contribution in [3.63, 3.8) is 0 Å². The van der Waals surface area contributed by atoms with E-state index >= 15 is 0 Å². The zero-order valence-electron chi connectivity index (χ0n) is 7.46. The molecule has 1 saturated carbocycles. The monoisotopic (exact) mass is 154 g/mol. The molecular weight excluding hydrogens is 139 g/mol. The number of hydrogen-bond acceptors (Lipinski definition) is 2. The minimum Gasteiger partial charge on any atom is -0.462 e. The fraction of sp³-hybridized carbons (Fsp3) is 0.875. The van der Waals surface area contributed by atoms with E-state index in [4.69, 9.17) is 4.74 Å². The molecule has 62 valence electrons. The molecule has 1 aliphatic rings. The zero-order valence-corrected chi connectivity index (χ0v) is 7.46. The van der Waals surface area contributed by atoms with Crippen LogP contribution in [0.25, 0.3) is 0 Å². The molecule has 2 nitrogen and oxygen atoms in total. The Labute approximate surface area is 68.7 Å². The maximum absolute atomic E-state index is 10.5. The average Bonchev–Trinajstić information content (AvgIpc) is 2.43. The first-order valence-electron chi connectivity index (χ1n) is 4.26. The van der Waals surface area contributed by atoms with E-state index in [-0.39, 0.29) is 12.1 Å². The lowest BCUT2D eigenvalue weighted by atomic mass is 9.85. The van der Waals surface area contributed by atoms with Crippen LogP contribution < -0.4 is 0 Å². The normalized spacial score (nSPS) is 31.1. The highest BCUT2D eigenvalue weighted by molar-refractivity contribution is 6.11. The van der Waals surface area contributed by atoms with Crippen LogP contribution in [-0.4, -0.2) is 19.9 Å². The number of carbonyl (C=O) groups excluding carboxylic acids is 1. The summed E-state index contributed by atoms with van der Waals surface area (Å²) < 4.78 is 5.04. The first kappa shape index (κ1) is 8.63. The van der Waals surface area contributed by atoms with E-state index in [1.807, 2.05) is 0 Å². The standard InChI is InChI=1S/C8H15BO2/c1-5(9)3-7-4-8(7)11-6(2)10/h5,7-8H,3-4,9H2,1-2H3. The van der Waals surface area contributed by atoms with E-state index in [2.05, 4.69) is 14.8 Å². The molecule has 1 rings (SSSR count). The first-order chi connectivity index (χ1) is 5.09. The molecule has 0 spiro atoms. The van der Waals surface area contributed by atoms with Crippen LogP contribution in [0.4, 0.5) is 0 Å². The van der Waals surface area contributed by atoms with Crippen LogP contribution in [0, 0.1) is 5.92 Å². The maximum Gasteiger partial charge on any atom is 0.302 e. The van der Waals surface area contributed by atoms with E-state index in [9.17, 15) is 4.79 Å². The lowest BCUT2D eigenvalue weighted by Gasteiger charge is -2.02. The lowest BCUT2D eigenvalue weighted by molar-refractivity contribution is -0.142. The summed E-state index contributed by atoms with van der Waals surface area (Å²) in [6, 6.07) is 0. The van der Waals surface area contributed by atoms with Gasteiger partial charge in [-0.3, -0.25) is 4.79 Å². The van der Waals surface area contributed by atoms with Crippen molar-refractivity contribution in [3.05, 3.63) is 0 Å². The second kappa shape index (κ2) is 3.29. The van der Waals surface area contributed by atoms with Gasteiger partial charge < -0.3 is 4.74 Å². The molecule has 0 heterocycles. The van der Waals surface area contributed by atoms with Gasteiger partial charge in [0.25, 0.3) is 0 Å². The Kier molecular flexibility index (Phi) is 2.58. The van der Waals surface area contributed by atoms with Gasteiger partial charge in [-0.1, -0.05) is 19.2 Å². The minimum absolute atomic E-state index is 0.138. The molecule has 0 aromatic heterocycles. The Balaban J connectivity index is 2.11. The SMILES string of the molecule is BC(C)CC1CC1OC(C)=O. The van der Waals surface area contributed by atoms with Crippen LogP contribution >= 0.6 is 0 Å². The summed E-state index contributed by atoms with van der Waals surface area (Å²) in [7, 11) is 2.20. The molecule has 11 heavy (non-hydrogen) atoms. The van der Waals surface area contributed by atoms with Crippen LogP contribution in [0.2, 0.25) is 5.82 Å². The summed E-state index contributed by atoms with van der Waals surface area (Å²) in [5.74, 6) is 1.24. The van der Waals surface area contributed by atoms with Gasteiger partial charge in [0.05, 0.1) is 0 Å². The van der Waals surface area contributed by atoms with Gasteiger partial charge in [0.2, 0.25) is 0 Å². The van der Waals surface area contributed by atoms with E-state index in [1.165, 1.54) is 13.3 Å². The molecule has 0 amide bonds. The van der Waals surface area contributed by atoms with Gasteiger partial charge in [-0.15, -0.1) is 0 Å². The predicted molar refractivity (Wildman–Crippen MR) is 46.2 cm³/mol. The number of hydrogen-bond donors (Lipinski definition) is 0. The third-order valence-electron chi connectivity index (χ3n) is 1.95. The predicted octanol–water partition coefficient (Wildman–Crippen LogP) is 0.770. The van der Waals surface area contributed by atoms with Gasteiger partial charge in [0, 0.05) is 6.92 Å². The third kappa shape index (κ3) is 2.96. The minimum atomic E-state index is -0.138. The number of ether oxygens (including phenoxy) is 1. The van der Waals surface area contributed by atoms with E-state index in [0.717, 1.165) is 12.2 Å². The van der Waals surface area contributed by atoms with Gasteiger partial charge in [0.1, 0.15) is 14.0 Å². The van der Waals surface area contributed by atoms with Gasteiger partial charge in [0.15, 0.2) is 0 Å². The van der Waals surface area contributed by atoms with Crippen molar-refractivity contribution < 1.29 is 9.53 Å². The number of carbonyl (C=O) groups is 1. The summed E-state index contributed by atoms with van der Waals surface area (Å²) in [6.45, 7) is 3.67. The van der Waals surface area contributed by atoms with Crippen molar-refractivity contribution >= 4 is 13.8 Å². The fourth-order valence-electron chi connectivity index (χ4n) is 1.43. The quantitative estimate of drug-likeness (QED) is 0.443. The Hall–Kier alpha value is -0.465. The van der Waals surface area contributed by atoms with E-state index < -0.39 is 0 Å². The van der Waals surface area contributed by atoms with Gasteiger partial charge >= 0.3 is 5.97 Å². The van der Waals surface area contributed by atoms with Crippen molar-refractivity contribution in [2.75, 3.05) is 0 Å². The Morgan fingerprint density at radius 3 is 2.91 bits per heavy atom. The highest BCUT2D eigenvalue weighted by Crippen LogP contribution is 2.39. The second-order valence-corrected chi connectivity index (χ2v) is 3.77. The van der Waals surface area contributed by atoms with Crippen LogP contribution in [-0.2, 0) is 9.53 Å². The van der Waals surface area contributed by atoms with Gasteiger partial charge in [-0.05, 0) is 12.3 Å². The van der Waals surface area contributed by atoms with Gasteiger partial charge in [-0.25, -0.2) is 0 Å². The number of rotatable bonds is 3. The van der Waals surface area contributed by atoms with Crippen molar-refractivity contribution in [1.29, 1.82) is 0 Å². The molecule has 0 saturated heterocycles. The molecule has 3 atom stereocenters. The zero-order chi connectivity index (χ0) is 8.43. The molecule has 0 aliphatic heterocycles. The summed E-state index contributed by atoms with van der Waals surface area (Å²) in [6.07, 6.45) is 2.52. The second-order valence-electron chi connectivity index (χ2n) is 3.77. The van der Waals surface area contributed by atoms with Crippen molar-refractivity contribution in [2.24, 2.45) is 5.92 Å². The molecule has 0 aromatic carbocycles. The summed E-state index contributed by atoms with van der Waals surface area (Å²) in [4.78, 5) is 10.5. The fourth-order valence-corrected chi connectivity index (χ4v) is 1.43. The molecule has 1 aliphatic carbocycles. The lowest BCUT2D eigenvalue weighted by Crippen LogP contribution is -2.03. The summed E-state index contributed by atoms with van der Waals surface area (Å²) >= 11 is 0. The highest BCUT2D eigenvalue weighted by Gasteiger charge is 2.39. The summed E-state index contributed by atoms with van der Waals surface area (Å²) in [5.41, 5.74) is 0. The Morgan fingerprint density at radius 2 is 2.45 bits per heavy atom. The van der Waals surface area contributed by atoms with E-state index in [0.29, 0.717) is 5.92 Å². The molecular formula is C8H15BO2. The largest absolute Gasteiger partial charge is 0.462 e. The average molecular weight is 154 g/mol. The molecule has 0 aromatic rings. The van der Waals surface area contributed by atoms with Crippen molar-refractivity contribution in [3.8, 4) is 0 Å². The number of esters is 1. The highest BCUT2D eigenvalue weighted by atomic mass is 16.5. The van der Waals surface area contributed by atoms with Crippen LogP contribution in [0.3, 0.4) is 0 Å². The van der Waals surface area contributed by atoms with Gasteiger partial charge in [-0.2, -0.15) is 0 Å². The van der Waals surface area contributed by atoms with Crippen LogP contribution in [0.1, 0.15) is 26.7 Å². The van der Waals surface area contributed by atoms with E-state index in [1.54, 1.807) is 0 Å². The topological polar surface area (TPSA) is 26.3 Å². The Morgan fingerprint density at radius 1 is 1.82 bits per heavy atom. The molecule has 3 heteroatoms. The molecule has 0 radical (unpaired) electrons. The smallest absolute Gasteiger partial charge is 0.302 e. The first-order valence-corrected chi connectivity index (χ1v) is 4.26. The van der Waals surface area contributed by atoms with Crippen LogP contribution in [0.5, 0.6) is 0 Å². The maximum atomic E-state index is 10.5. The van der Waals surface area contributed by atoms with Crippen molar-refractivity contribution in [2.45, 2.75) is 38.6 Å². The molecule has 3 unspecified atom stereocenters. The van der Waals surface area contributed by atoms with Crippen LogP contribution in [0.15, 0.2) is 0 Å². The molecule has 1 fully saturated rings. The summed E-state index contributed by atoms with van der Waals surface area (Å²) in [5, 5.41) is 0. The molecule has 0 bridgehead atoms.